The average molecular weight is 442 g/mol. The summed E-state index contributed by atoms with van der Waals surface area (Å²) in [6.07, 6.45) is 3.77. The molecule has 2 fully saturated rings. The second-order valence-corrected chi connectivity index (χ2v) is 6.27. The molecular weight excluding hydrogens is 415 g/mol. The van der Waals surface area contributed by atoms with Gasteiger partial charge in [-0.05, 0) is 19.1 Å². The molecule has 0 saturated carbocycles. The van der Waals surface area contributed by atoms with Gasteiger partial charge in [0.2, 0.25) is 0 Å². The fourth-order valence-corrected chi connectivity index (χ4v) is 3.02. The van der Waals surface area contributed by atoms with Crippen LogP contribution in [0.3, 0.4) is 0 Å². The van der Waals surface area contributed by atoms with E-state index in [9.17, 15) is 4.79 Å². The van der Waals surface area contributed by atoms with Gasteiger partial charge in [-0.3, -0.25) is 9.79 Å². The summed E-state index contributed by atoms with van der Waals surface area (Å²) in [5, 5.41) is 3.37. The molecule has 0 radical (unpaired) electrons. The predicted octanol–water partition coefficient (Wildman–Crippen LogP) is 0.866. The van der Waals surface area contributed by atoms with E-state index < -0.39 is 0 Å². The van der Waals surface area contributed by atoms with Gasteiger partial charge in [-0.2, -0.15) is 11.8 Å². The molecule has 2 saturated heterocycles. The van der Waals surface area contributed by atoms with E-state index in [0.717, 1.165) is 63.9 Å². The molecule has 0 aromatic heterocycles. The number of carbonyl (C=O) groups is 1. The first-order valence-electron chi connectivity index (χ1n) is 7.61. The lowest BCUT2D eigenvalue weighted by Crippen LogP contribution is -2.55. The van der Waals surface area contributed by atoms with E-state index in [1.165, 1.54) is 0 Å². The Morgan fingerprint density at radius 1 is 1.32 bits per heavy atom. The van der Waals surface area contributed by atoms with Crippen LogP contribution in [0.2, 0.25) is 0 Å². The zero-order valence-corrected chi connectivity index (χ0v) is 16.6. The Bertz CT molecular complexity index is 370. The number of hydrogen-bond donors (Lipinski definition) is 1. The lowest BCUT2D eigenvalue weighted by molar-refractivity contribution is -0.142. The highest BCUT2D eigenvalue weighted by Gasteiger charge is 2.30. The normalized spacial score (nSPS) is 22.5. The fraction of sp³-hybridized carbons (Fsp3) is 0.857. The molecule has 0 aliphatic carbocycles. The Hall–Kier alpha value is -0.220. The maximum absolute atomic E-state index is 12.3. The predicted molar refractivity (Wildman–Crippen MR) is 102 cm³/mol. The summed E-state index contributed by atoms with van der Waals surface area (Å²) >= 11 is 1.82. The van der Waals surface area contributed by atoms with Crippen molar-refractivity contribution in [2.45, 2.75) is 18.9 Å². The number of thioether (sulfide) groups is 1. The van der Waals surface area contributed by atoms with Crippen molar-refractivity contribution in [3.63, 3.8) is 0 Å². The van der Waals surface area contributed by atoms with Crippen LogP contribution in [0.25, 0.3) is 0 Å². The van der Waals surface area contributed by atoms with E-state index in [0.29, 0.717) is 0 Å². The molecule has 1 N–H and O–H groups in total. The van der Waals surface area contributed by atoms with Crippen LogP contribution in [0.1, 0.15) is 12.8 Å². The van der Waals surface area contributed by atoms with Crippen LogP contribution >= 0.6 is 35.7 Å². The molecule has 2 heterocycles. The van der Waals surface area contributed by atoms with Gasteiger partial charge in [-0.15, -0.1) is 24.0 Å². The molecule has 0 aromatic rings. The largest absolute Gasteiger partial charge is 0.368 e. The second kappa shape index (κ2) is 10.5. The highest BCUT2D eigenvalue weighted by Crippen LogP contribution is 2.16. The number of piperazine rings is 1. The van der Waals surface area contributed by atoms with E-state index in [1.807, 2.05) is 23.7 Å². The molecular formula is C14H27IN4O2S. The smallest absolute Gasteiger partial charge is 0.251 e. The van der Waals surface area contributed by atoms with Crippen molar-refractivity contribution < 1.29 is 9.53 Å². The van der Waals surface area contributed by atoms with Gasteiger partial charge in [0.05, 0.1) is 0 Å². The minimum absolute atomic E-state index is 0. The van der Waals surface area contributed by atoms with Crippen molar-refractivity contribution in [1.29, 1.82) is 0 Å². The van der Waals surface area contributed by atoms with Gasteiger partial charge in [0.15, 0.2) is 5.96 Å². The van der Waals surface area contributed by atoms with Crippen molar-refractivity contribution in [2.24, 2.45) is 4.99 Å². The molecule has 2 aliphatic heterocycles. The van der Waals surface area contributed by atoms with E-state index in [1.54, 1.807) is 0 Å². The van der Waals surface area contributed by atoms with Gasteiger partial charge in [-0.25, -0.2) is 0 Å². The molecule has 6 nitrogen and oxygen atoms in total. The van der Waals surface area contributed by atoms with E-state index >= 15 is 0 Å². The highest BCUT2D eigenvalue weighted by atomic mass is 127. The first-order valence-corrected chi connectivity index (χ1v) is 9.00. The molecule has 1 atom stereocenters. The molecule has 8 heteroatoms. The van der Waals surface area contributed by atoms with Crippen LogP contribution in [0.5, 0.6) is 0 Å². The summed E-state index contributed by atoms with van der Waals surface area (Å²) in [6, 6.07) is 0. The maximum Gasteiger partial charge on any atom is 0.251 e. The Morgan fingerprint density at radius 3 is 2.55 bits per heavy atom. The average Bonchev–Trinajstić information content (AvgIpc) is 3.06. The zero-order chi connectivity index (χ0) is 15.1. The minimum atomic E-state index is -0.199. The molecule has 22 heavy (non-hydrogen) atoms. The SMILES string of the molecule is CN=C(NCCSC)N1CCN(C(=O)C2CCCO2)CC1.I. The monoisotopic (exact) mass is 442 g/mol. The number of hydrogen-bond acceptors (Lipinski definition) is 4. The topological polar surface area (TPSA) is 57.2 Å². The number of aliphatic imine (C=N–C) groups is 1. The summed E-state index contributed by atoms with van der Waals surface area (Å²) in [5.41, 5.74) is 0. The second-order valence-electron chi connectivity index (χ2n) is 5.28. The van der Waals surface area contributed by atoms with Crippen LogP contribution in [0.4, 0.5) is 0 Å². The number of nitrogens with zero attached hydrogens (tertiary/aromatic N) is 3. The van der Waals surface area contributed by atoms with Crippen LogP contribution in [-0.4, -0.2) is 86.2 Å². The molecule has 0 bridgehead atoms. The summed E-state index contributed by atoms with van der Waals surface area (Å²) in [7, 11) is 1.81. The molecule has 1 unspecified atom stereocenters. The third-order valence-corrected chi connectivity index (χ3v) is 4.51. The van der Waals surface area contributed by atoms with Gasteiger partial charge < -0.3 is 19.9 Å². The number of rotatable bonds is 4. The highest BCUT2D eigenvalue weighted by molar-refractivity contribution is 14.0. The fourth-order valence-electron chi connectivity index (χ4n) is 2.71. The number of guanidine groups is 1. The van der Waals surface area contributed by atoms with Crippen molar-refractivity contribution >= 4 is 47.6 Å². The van der Waals surface area contributed by atoms with Gasteiger partial charge >= 0.3 is 0 Å². The van der Waals surface area contributed by atoms with Gasteiger partial charge in [0.1, 0.15) is 6.10 Å². The summed E-state index contributed by atoms with van der Waals surface area (Å²) in [6.45, 7) is 4.81. The molecule has 0 aromatic carbocycles. The molecule has 2 aliphatic rings. The number of halogens is 1. The third-order valence-electron chi connectivity index (χ3n) is 3.90. The Labute approximate surface area is 154 Å². The van der Waals surface area contributed by atoms with Gasteiger partial charge in [-0.1, -0.05) is 0 Å². The summed E-state index contributed by atoms with van der Waals surface area (Å²) < 4.78 is 5.49. The summed E-state index contributed by atoms with van der Waals surface area (Å²) in [5.74, 6) is 2.17. The van der Waals surface area contributed by atoms with Crippen LogP contribution in [0.15, 0.2) is 4.99 Å². The van der Waals surface area contributed by atoms with Crippen molar-refractivity contribution in [3.8, 4) is 0 Å². The molecule has 1 amide bonds. The lowest BCUT2D eigenvalue weighted by atomic mass is 10.2. The number of nitrogens with one attached hydrogen (secondary N) is 1. The van der Waals surface area contributed by atoms with Gasteiger partial charge in [0.25, 0.3) is 5.91 Å². The molecule has 128 valence electrons. The number of ether oxygens (including phenoxy) is 1. The van der Waals surface area contributed by atoms with Gasteiger partial charge in [0, 0.05) is 52.1 Å². The molecule has 2 rings (SSSR count). The number of carbonyl (C=O) groups excluding carboxylic acids is 1. The third kappa shape index (κ3) is 5.45. The Morgan fingerprint density at radius 2 is 2.00 bits per heavy atom. The maximum atomic E-state index is 12.3. The van der Waals surface area contributed by atoms with Crippen molar-refractivity contribution in [3.05, 3.63) is 0 Å². The Kier molecular flexibility index (Phi) is 9.49. The minimum Gasteiger partial charge on any atom is -0.368 e. The van der Waals surface area contributed by atoms with E-state index in [-0.39, 0.29) is 36.0 Å². The zero-order valence-electron chi connectivity index (χ0n) is 13.4. The standard InChI is InChI=1S/C14H26N4O2S.HI/c1-15-14(16-5-11-21-2)18-8-6-17(7-9-18)13(19)12-4-3-10-20-12;/h12H,3-11H2,1-2H3,(H,15,16);1H. The first kappa shape index (κ1) is 19.8. The van der Waals surface area contributed by atoms with Crippen molar-refractivity contribution in [2.75, 3.05) is 58.4 Å². The quantitative estimate of drug-likeness (QED) is 0.303. The van der Waals surface area contributed by atoms with E-state index in [2.05, 4.69) is 21.5 Å². The number of amides is 1. The Balaban J connectivity index is 0.00000242. The lowest BCUT2D eigenvalue weighted by Gasteiger charge is -2.37. The summed E-state index contributed by atoms with van der Waals surface area (Å²) in [4.78, 5) is 20.8. The van der Waals surface area contributed by atoms with Crippen molar-refractivity contribution in [1.82, 2.24) is 15.1 Å². The van der Waals surface area contributed by atoms with E-state index in [4.69, 9.17) is 4.74 Å². The first-order chi connectivity index (χ1) is 10.3. The molecule has 0 spiro atoms. The van der Waals surface area contributed by atoms with Crippen LogP contribution in [0, 0.1) is 0 Å². The van der Waals surface area contributed by atoms with Crippen LogP contribution < -0.4 is 5.32 Å². The van der Waals surface area contributed by atoms with Crippen LogP contribution in [-0.2, 0) is 9.53 Å².